The Bertz CT molecular complexity index is 728. The summed E-state index contributed by atoms with van der Waals surface area (Å²) in [4.78, 5) is 11.3. The van der Waals surface area contributed by atoms with Crippen molar-refractivity contribution in [2.45, 2.75) is 44.8 Å². The van der Waals surface area contributed by atoms with E-state index in [9.17, 15) is 13.2 Å². The Kier molecular flexibility index (Phi) is 5.08. The van der Waals surface area contributed by atoms with Crippen molar-refractivity contribution in [3.63, 3.8) is 0 Å². The van der Waals surface area contributed by atoms with E-state index in [0.29, 0.717) is 17.3 Å². The standard InChI is InChI=1S/C19H22F3N3/c1-13(2)25-10-4-6-15(12-25)18-17(23-8-9-24-18)14-5-3-7-16(11-14)19(20,21)22/h3,5,7-9,11,13,15H,4,6,10,12H2,1-2H3/t15-/m0/s1. The highest BCUT2D eigenvalue weighted by molar-refractivity contribution is 5.63. The first kappa shape index (κ1) is 17.9. The van der Waals surface area contributed by atoms with Crippen LogP contribution >= 0.6 is 0 Å². The molecule has 0 saturated carbocycles. The van der Waals surface area contributed by atoms with E-state index in [1.54, 1.807) is 18.5 Å². The fourth-order valence-corrected chi connectivity index (χ4v) is 3.41. The van der Waals surface area contributed by atoms with Gasteiger partial charge in [-0.15, -0.1) is 0 Å². The van der Waals surface area contributed by atoms with E-state index in [-0.39, 0.29) is 5.92 Å². The molecule has 6 heteroatoms. The molecule has 3 nitrogen and oxygen atoms in total. The summed E-state index contributed by atoms with van der Waals surface area (Å²) >= 11 is 0. The summed E-state index contributed by atoms with van der Waals surface area (Å²) < 4.78 is 39.1. The highest BCUT2D eigenvalue weighted by Crippen LogP contribution is 2.35. The molecule has 1 fully saturated rings. The van der Waals surface area contributed by atoms with Gasteiger partial charge in [0.15, 0.2) is 0 Å². The lowest BCUT2D eigenvalue weighted by Gasteiger charge is -2.35. The van der Waals surface area contributed by atoms with Crippen molar-refractivity contribution in [1.29, 1.82) is 0 Å². The van der Waals surface area contributed by atoms with E-state index < -0.39 is 11.7 Å². The van der Waals surface area contributed by atoms with Crippen LogP contribution in [0.1, 0.15) is 43.9 Å². The average Bonchev–Trinajstić information content (AvgIpc) is 2.61. The van der Waals surface area contributed by atoms with Crippen molar-refractivity contribution < 1.29 is 13.2 Å². The molecule has 134 valence electrons. The summed E-state index contributed by atoms with van der Waals surface area (Å²) in [5, 5.41) is 0. The molecule has 25 heavy (non-hydrogen) atoms. The lowest BCUT2D eigenvalue weighted by molar-refractivity contribution is -0.137. The highest BCUT2D eigenvalue weighted by Gasteiger charge is 2.31. The van der Waals surface area contributed by atoms with E-state index in [4.69, 9.17) is 0 Å². The zero-order valence-corrected chi connectivity index (χ0v) is 14.4. The van der Waals surface area contributed by atoms with Crippen molar-refractivity contribution >= 4 is 0 Å². The first-order valence-electron chi connectivity index (χ1n) is 8.59. The zero-order chi connectivity index (χ0) is 18.0. The number of halogens is 3. The Labute approximate surface area is 145 Å². The Morgan fingerprint density at radius 1 is 1.16 bits per heavy atom. The molecule has 0 unspecified atom stereocenters. The van der Waals surface area contributed by atoms with Crippen LogP contribution in [0.4, 0.5) is 13.2 Å². The van der Waals surface area contributed by atoms with Gasteiger partial charge in [-0.2, -0.15) is 13.2 Å². The quantitative estimate of drug-likeness (QED) is 0.801. The first-order chi connectivity index (χ1) is 11.9. The van der Waals surface area contributed by atoms with Gasteiger partial charge in [0, 0.05) is 36.5 Å². The fraction of sp³-hybridized carbons (Fsp3) is 0.474. The number of nitrogens with zero attached hydrogens (tertiary/aromatic N) is 3. The van der Waals surface area contributed by atoms with Crippen molar-refractivity contribution in [3.8, 4) is 11.3 Å². The second-order valence-electron chi connectivity index (χ2n) is 6.80. The van der Waals surface area contributed by atoms with Crippen molar-refractivity contribution in [2.75, 3.05) is 13.1 Å². The third kappa shape index (κ3) is 4.00. The molecule has 2 heterocycles. The second-order valence-corrected chi connectivity index (χ2v) is 6.80. The predicted octanol–water partition coefficient (Wildman–Crippen LogP) is 4.75. The summed E-state index contributed by atoms with van der Waals surface area (Å²) in [6, 6.07) is 5.79. The van der Waals surface area contributed by atoms with Crippen LogP contribution in [0.3, 0.4) is 0 Å². The van der Waals surface area contributed by atoms with Gasteiger partial charge in [0.2, 0.25) is 0 Å². The molecule has 1 aliphatic heterocycles. The SMILES string of the molecule is CC(C)N1CCC[C@H](c2nccnc2-c2cccc(C(F)(F)F)c2)C1. The van der Waals surface area contributed by atoms with Gasteiger partial charge in [0.1, 0.15) is 0 Å². The van der Waals surface area contributed by atoms with Gasteiger partial charge in [-0.1, -0.05) is 12.1 Å². The Morgan fingerprint density at radius 2 is 1.92 bits per heavy atom. The molecule has 1 aromatic heterocycles. The summed E-state index contributed by atoms with van der Waals surface area (Å²) in [6.45, 7) is 6.23. The third-order valence-electron chi connectivity index (χ3n) is 4.76. The molecule has 1 saturated heterocycles. The maximum absolute atomic E-state index is 13.0. The van der Waals surface area contributed by atoms with E-state index in [1.165, 1.54) is 6.07 Å². The van der Waals surface area contributed by atoms with Crippen molar-refractivity contribution in [3.05, 3.63) is 47.9 Å². The number of hydrogen-bond donors (Lipinski definition) is 0. The molecule has 1 atom stereocenters. The van der Waals surface area contributed by atoms with Gasteiger partial charge in [0.05, 0.1) is 17.0 Å². The maximum atomic E-state index is 13.0. The van der Waals surface area contributed by atoms with Crippen molar-refractivity contribution in [2.24, 2.45) is 0 Å². The van der Waals surface area contributed by atoms with Crippen LogP contribution in [0.2, 0.25) is 0 Å². The van der Waals surface area contributed by atoms with Gasteiger partial charge in [0.25, 0.3) is 0 Å². The van der Waals surface area contributed by atoms with Gasteiger partial charge in [-0.05, 0) is 45.4 Å². The first-order valence-corrected chi connectivity index (χ1v) is 8.59. The normalized spacial score (nSPS) is 19.4. The summed E-state index contributed by atoms with van der Waals surface area (Å²) in [7, 11) is 0. The van der Waals surface area contributed by atoms with E-state index in [1.807, 2.05) is 0 Å². The molecular formula is C19H22F3N3. The number of aromatic nitrogens is 2. The van der Waals surface area contributed by atoms with E-state index in [0.717, 1.165) is 43.8 Å². The molecule has 2 aromatic rings. The van der Waals surface area contributed by atoms with E-state index >= 15 is 0 Å². The number of hydrogen-bond acceptors (Lipinski definition) is 3. The molecule has 0 N–H and O–H groups in total. The van der Waals surface area contributed by atoms with Crippen LogP contribution in [0.15, 0.2) is 36.7 Å². The number of benzene rings is 1. The van der Waals surface area contributed by atoms with Crippen LogP contribution in [0.5, 0.6) is 0 Å². The van der Waals surface area contributed by atoms with Crippen molar-refractivity contribution in [1.82, 2.24) is 14.9 Å². The monoisotopic (exact) mass is 349 g/mol. The Morgan fingerprint density at radius 3 is 2.64 bits per heavy atom. The number of alkyl halides is 3. The second kappa shape index (κ2) is 7.12. The molecular weight excluding hydrogens is 327 g/mol. The zero-order valence-electron chi connectivity index (χ0n) is 14.4. The van der Waals surface area contributed by atoms with Crippen LogP contribution < -0.4 is 0 Å². The van der Waals surface area contributed by atoms with Gasteiger partial charge in [-0.25, -0.2) is 0 Å². The summed E-state index contributed by atoms with van der Waals surface area (Å²) in [5.41, 5.74) is 1.17. The minimum Gasteiger partial charge on any atom is -0.300 e. The van der Waals surface area contributed by atoms with Crippen LogP contribution in [-0.4, -0.2) is 34.0 Å². The lowest BCUT2D eigenvalue weighted by atomic mass is 9.90. The van der Waals surface area contributed by atoms with Crippen LogP contribution in [0, 0.1) is 0 Å². The number of likely N-dealkylation sites (tertiary alicyclic amines) is 1. The molecule has 0 spiro atoms. The molecule has 0 aliphatic carbocycles. The molecule has 1 aromatic carbocycles. The van der Waals surface area contributed by atoms with Gasteiger partial charge in [-0.3, -0.25) is 9.97 Å². The average molecular weight is 349 g/mol. The highest BCUT2D eigenvalue weighted by atomic mass is 19.4. The molecule has 0 bridgehead atoms. The lowest BCUT2D eigenvalue weighted by Crippen LogP contribution is -2.39. The Balaban J connectivity index is 1.97. The number of rotatable bonds is 3. The third-order valence-corrected chi connectivity index (χ3v) is 4.76. The fourth-order valence-electron chi connectivity index (χ4n) is 3.41. The summed E-state index contributed by atoms with van der Waals surface area (Å²) in [5.74, 6) is 0.189. The predicted molar refractivity (Wildman–Crippen MR) is 91.2 cm³/mol. The largest absolute Gasteiger partial charge is 0.416 e. The summed E-state index contributed by atoms with van der Waals surface area (Å²) in [6.07, 6.45) is 0.843. The maximum Gasteiger partial charge on any atom is 0.416 e. The van der Waals surface area contributed by atoms with Gasteiger partial charge < -0.3 is 4.90 Å². The Hall–Kier alpha value is -1.95. The minimum atomic E-state index is -4.36. The number of piperidine rings is 1. The van der Waals surface area contributed by atoms with E-state index in [2.05, 4.69) is 28.7 Å². The molecule has 1 aliphatic rings. The van der Waals surface area contributed by atoms with Crippen LogP contribution in [-0.2, 0) is 6.18 Å². The smallest absolute Gasteiger partial charge is 0.300 e. The van der Waals surface area contributed by atoms with Crippen LogP contribution in [0.25, 0.3) is 11.3 Å². The van der Waals surface area contributed by atoms with Gasteiger partial charge >= 0.3 is 6.18 Å². The molecule has 0 amide bonds. The minimum absolute atomic E-state index is 0.189. The molecule has 0 radical (unpaired) electrons. The topological polar surface area (TPSA) is 29.0 Å². The molecule has 3 rings (SSSR count).